The van der Waals surface area contributed by atoms with E-state index in [4.69, 9.17) is 15.5 Å². The molecule has 1 aromatic heterocycles. The van der Waals surface area contributed by atoms with E-state index in [1.165, 1.54) is 12.1 Å². The molecule has 1 saturated heterocycles. The van der Waals surface area contributed by atoms with E-state index in [9.17, 15) is 9.18 Å². The van der Waals surface area contributed by atoms with Crippen molar-refractivity contribution in [3.63, 3.8) is 0 Å². The van der Waals surface area contributed by atoms with Crippen LogP contribution in [0.4, 0.5) is 27.5 Å². The number of rotatable bonds is 5. The van der Waals surface area contributed by atoms with Crippen LogP contribution in [-0.2, 0) is 4.74 Å². The quantitative estimate of drug-likeness (QED) is 0.813. The van der Waals surface area contributed by atoms with Crippen molar-refractivity contribution in [3.8, 4) is 0 Å². The monoisotopic (exact) mass is 386 g/mol. The Labute approximate surface area is 162 Å². The van der Waals surface area contributed by atoms with Gasteiger partial charge in [-0.05, 0) is 38.0 Å². The van der Waals surface area contributed by atoms with Crippen molar-refractivity contribution in [2.24, 2.45) is 5.73 Å². The van der Waals surface area contributed by atoms with Gasteiger partial charge in [0.2, 0.25) is 5.95 Å². The van der Waals surface area contributed by atoms with Gasteiger partial charge in [0.25, 0.3) is 5.91 Å². The summed E-state index contributed by atoms with van der Waals surface area (Å²) in [5, 5.41) is 3.06. The van der Waals surface area contributed by atoms with Gasteiger partial charge in [-0.15, -0.1) is 0 Å². The van der Waals surface area contributed by atoms with Gasteiger partial charge in [0, 0.05) is 18.8 Å². The van der Waals surface area contributed by atoms with Crippen LogP contribution < -0.4 is 20.9 Å². The first-order chi connectivity index (χ1) is 13.5. The Morgan fingerprint density at radius 3 is 2.96 bits per heavy atom. The zero-order valence-electron chi connectivity index (χ0n) is 15.9. The van der Waals surface area contributed by atoms with Gasteiger partial charge in [0.1, 0.15) is 11.5 Å². The highest BCUT2D eigenvalue weighted by atomic mass is 19.1. The number of nitrogens with zero attached hydrogens (tertiary/aromatic N) is 4. The van der Waals surface area contributed by atoms with Crippen molar-refractivity contribution < 1.29 is 13.9 Å². The van der Waals surface area contributed by atoms with Gasteiger partial charge in [-0.2, -0.15) is 4.98 Å². The fraction of sp³-hybridized carbons (Fsp3) is 0.421. The number of amides is 1. The topological polar surface area (TPSA) is 96.6 Å². The lowest BCUT2D eigenvalue weighted by Gasteiger charge is -2.25. The summed E-state index contributed by atoms with van der Waals surface area (Å²) in [5.41, 5.74) is 7.21. The molecule has 1 unspecified atom stereocenters. The lowest BCUT2D eigenvalue weighted by atomic mass is 10.1. The minimum atomic E-state index is -0.796. The number of hydrogen-bond donors (Lipinski definition) is 2. The summed E-state index contributed by atoms with van der Waals surface area (Å²) < 4.78 is 19.7. The smallest absolute Gasteiger partial charge is 0.251 e. The standard InChI is InChI=1S/C19H23FN6O2/c1-3-25-10-26(12-4-5-28-9-12)18-16(25)8-22-19(24-18)23-15-7-14(20)13(17(21)27)6-11(15)2/h6-8,12H,3-5,9-10H2,1-2H3,(H2,21,27)(H,22,23,24). The molecule has 1 amide bonds. The van der Waals surface area contributed by atoms with E-state index in [0.29, 0.717) is 23.8 Å². The number of primary amides is 1. The van der Waals surface area contributed by atoms with Gasteiger partial charge < -0.3 is 25.6 Å². The maximum atomic E-state index is 14.2. The Bertz CT molecular complexity index is 916. The van der Waals surface area contributed by atoms with Gasteiger partial charge in [-0.25, -0.2) is 9.37 Å². The summed E-state index contributed by atoms with van der Waals surface area (Å²) in [5.74, 6) is -0.254. The molecule has 28 heavy (non-hydrogen) atoms. The zero-order chi connectivity index (χ0) is 19.8. The van der Waals surface area contributed by atoms with E-state index in [1.807, 2.05) is 0 Å². The number of benzene rings is 1. The average Bonchev–Trinajstić information content (AvgIpc) is 3.31. The number of nitrogens with two attached hydrogens (primary N) is 1. The highest BCUT2D eigenvalue weighted by Crippen LogP contribution is 2.37. The second-order valence-electron chi connectivity index (χ2n) is 7.02. The van der Waals surface area contributed by atoms with Crippen LogP contribution in [0.25, 0.3) is 0 Å². The van der Waals surface area contributed by atoms with Gasteiger partial charge in [-0.3, -0.25) is 4.79 Å². The third-order valence-electron chi connectivity index (χ3n) is 5.24. The summed E-state index contributed by atoms with van der Waals surface area (Å²) in [6, 6.07) is 2.95. The number of aryl methyl sites for hydroxylation is 1. The molecule has 9 heteroatoms. The molecule has 0 saturated carbocycles. The molecule has 8 nitrogen and oxygen atoms in total. The number of anilines is 4. The van der Waals surface area contributed by atoms with Gasteiger partial charge >= 0.3 is 0 Å². The molecule has 1 aromatic carbocycles. The van der Waals surface area contributed by atoms with Crippen LogP contribution in [0, 0.1) is 12.7 Å². The molecular weight excluding hydrogens is 363 g/mol. The number of hydrogen-bond acceptors (Lipinski definition) is 7. The molecule has 0 radical (unpaired) electrons. The van der Waals surface area contributed by atoms with Gasteiger partial charge in [-0.1, -0.05) is 0 Å². The number of aromatic nitrogens is 2. The maximum absolute atomic E-state index is 14.2. The maximum Gasteiger partial charge on any atom is 0.251 e. The number of nitrogens with one attached hydrogen (secondary N) is 1. The minimum absolute atomic E-state index is 0.135. The van der Waals surface area contributed by atoms with Crippen LogP contribution >= 0.6 is 0 Å². The molecule has 1 atom stereocenters. The third-order valence-corrected chi connectivity index (χ3v) is 5.24. The highest BCUT2D eigenvalue weighted by molar-refractivity contribution is 5.94. The van der Waals surface area contributed by atoms with Crippen LogP contribution in [-0.4, -0.2) is 48.3 Å². The van der Waals surface area contributed by atoms with Gasteiger partial charge in [0.05, 0.1) is 31.1 Å². The summed E-state index contributed by atoms with van der Waals surface area (Å²) in [7, 11) is 0. The zero-order valence-corrected chi connectivity index (χ0v) is 15.9. The lowest BCUT2D eigenvalue weighted by molar-refractivity contribution is 0.0996. The SMILES string of the molecule is CCN1CN(C2CCOC2)c2nc(Nc3cc(F)c(C(N)=O)cc3C)ncc21. The van der Waals surface area contributed by atoms with Crippen molar-refractivity contribution >= 4 is 29.0 Å². The summed E-state index contributed by atoms with van der Waals surface area (Å²) in [6.07, 6.45) is 2.75. The number of ether oxygens (including phenoxy) is 1. The number of fused-ring (bicyclic) bond motifs is 1. The Balaban J connectivity index is 1.65. The molecule has 3 N–H and O–H groups in total. The number of halogens is 1. The van der Waals surface area contributed by atoms with Crippen LogP contribution in [0.2, 0.25) is 0 Å². The van der Waals surface area contributed by atoms with E-state index >= 15 is 0 Å². The molecule has 2 aliphatic rings. The first-order valence-electron chi connectivity index (χ1n) is 9.31. The predicted molar refractivity (Wildman–Crippen MR) is 105 cm³/mol. The van der Waals surface area contributed by atoms with Crippen molar-refractivity contribution in [1.29, 1.82) is 0 Å². The molecule has 148 valence electrons. The van der Waals surface area contributed by atoms with Crippen molar-refractivity contribution in [2.45, 2.75) is 26.3 Å². The molecule has 0 spiro atoms. The van der Waals surface area contributed by atoms with Crippen molar-refractivity contribution in [3.05, 3.63) is 35.3 Å². The molecule has 0 bridgehead atoms. The van der Waals surface area contributed by atoms with Crippen LogP contribution in [0.5, 0.6) is 0 Å². The predicted octanol–water partition coefficient (Wildman–Crippen LogP) is 2.16. The van der Waals surface area contributed by atoms with Crippen molar-refractivity contribution in [2.75, 3.05) is 41.5 Å². The second kappa shape index (κ2) is 7.23. The van der Waals surface area contributed by atoms with E-state index in [-0.39, 0.29) is 11.6 Å². The van der Waals surface area contributed by atoms with E-state index in [1.54, 1.807) is 13.1 Å². The summed E-state index contributed by atoms with van der Waals surface area (Å²) in [4.78, 5) is 24.9. The number of carbonyl (C=O) groups excluding carboxylic acids is 1. The average molecular weight is 386 g/mol. The minimum Gasteiger partial charge on any atom is -0.379 e. The fourth-order valence-electron chi connectivity index (χ4n) is 3.64. The molecule has 3 heterocycles. The van der Waals surface area contributed by atoms with E-state index in [0.717, 1.165) is 37.7 Å². The Hall–Kier alpha value is -2.94. The fourth-order valence-corrected chi connectivity index (χ4v) is 3.64. The summed E-state index contributed by atoms with van der Waals surface area (Å²) in [6.45, 7) is 6.90. The Morgan fingerprint density at radius 1 is 1.46 bits per heavy atom. The second-order valence-corrected chi connectivity index (χ2v) is 7.02. The lowest BCUT2D eigenvalue weighted by Crippen LogP contribution is -2.39. The highest BCUT2D eigenvalue weighted by Gasteiger charge is 2.34. The Kier molecular flexibility index (Phi) is 4.76. The van der Waals surface area contributed by atoms with Crippen molar-refractivity contribution in [1.82, 2.24) is 9.97 Å². The summed E-state index contributed by atoms with van der Waals surface area (Å²) >= 11 is 0. The Morgan fingerprint density at radius 2 is 2.29 bits per heavy atom. The molecule has 4 rings (SSSR count). The molecule has 2 aromatic rings. The van der Waals surface area contributed by atoms with Crippen LogP contribution in [0.3, 0.4) is 0 Å². The molecular formula is C19H23FN6O2. The van der Waals surface area contributed by atoms with E-state index < -0.39 is 11.7 Å². The van der Waals surface area contributed by atoms with Crippen LogP contribution in [0.1, 0.15) is 29.3 Å². The molecule has 0 aliphatic carbocycles. The molecule has 1 fully saturated rings. The molecule has 2 aliphatic heterocycles. The normalized spacial score (nSPS) is 18.5. The third kappa shape index (κ3) is 3.22. The first kappa shape index (κ1) is 18.4. The van der Waals surface area contributed by atoms with E-state index in [2.05, 4.69) is 27.0 Å². The van der Waals surface area contributed by atoms with Crippen LogP contribution in [0.15, 0.2) is 18.3 Å². The first-order valence-corrected chi connectivity index (χ1v) is 9.31. The largest absolute Gasteiger partial charge is 0.379 e. The van der Waals surface area contributed by atoms with Gasteiger partial charge in [0.15, 0.2) is 5.82 Å². The number of carbonyl (C=O) groups is 1.